The fourth-order valence-electron chi connectivity index (χ4n) is 3.65. The quantitative estimate of drug-likeness (QED) is 0.0915. The van der Waals surface area contributed by atoms with Crippen molar-refractivity contribution in [3.8, 4) is 5.88 Å². The number of barbiturate groups is 1. The predicted octanol–water partition coefficient (Wildman–Crippen LogP) is -5.59. The molecule has 4 rings (SSSR count). The molecule has 2 aliphatic heterocycles. The van der Waals surface area contributed by atoms with E-state index in [1.54, 1.807) is 0 Å². The summed E-state index contributed by atoms with van der Waals surface area (Å²) in [6, 6.07) is 2.09. The molecule has 1 fully saturated rings. The van der Waals surface area contributed by atoms with Crippen molar-refractivity contribution in [3.05, 3.63) is 61.3 Å². The third-order valence-electron chi connectivity index (χ3n) is 5.20. The number of carbonyl (C=O) groups is 3. The zero-order valence-corrected chi connectivity index (χ0v) is 23.9. The molecule has 16 nitrogen and oxygen atoms in total. The Balaban J connectivity index is 0.00000400. The number of sulfone groups is 1. The summed E-state index contributed by atoms with van der Waals surface area (Å²) >= 11 is 0. The standard InChI is InChI=1S/C19H15N5O11S2.K/c25-14-10(15(26)22-18(29)21-14)12-8-3-2-7(36(31,32)4-1-5-37(33,34)35)6-9(8)13(20-12)11-16(27)23-19(30)24-17(11)28;/h2-3,6H,1,4-5H2,(H,33,34,35)(H2,21,22,25,26,29)(H3,23,24,27,28,30);/q;+1/p-1. The summed E-state index contributed by atoms with van der Waals surface area (Å²) in [6.45, 7) is 0. The largest absolute Gasteiger partial charge is 1.00 e. The van der Waals surface area contributed by atoms with E-state index in [4.69, 9.17) is 0 Å². The number of hydrogen-bond acceptors (Lipinski definition) is 12. The second-order valence-electron chi connectivity index (χ2n) is 7.69. The molecule has 0 spiro atoms. The monoisotopic (exact) mass is 591 g/mol. The molecule has 0 saturated carbocycles. The van der Waals surface area contributed by atoms with Gasteiger partial charge in [-0.3, -0.25) is 35.0 Å². The predicted molar refractivity (Wildman–Crippen MR) is 121 cm³/mol. The minimum Gasteiger partial charge on any atom is -0.748 e. The van der Waals surface area contributed by atoms with E-state index in [2.05, 4.69) is 4.99 Å². The van der Waals surface area contributed by atoms with Crippen molar-refractivity contribution in [3.63, 3.8) is 0 Å². The maximum atomic E-state index is 12.8. The van der Waals surface area contributed by atoms with Crippen molar-refractivity contribution >= 4 is 49.2 Å². The van der Waals surface area contributed by atoms with Crippen LogP contribution in [0.1, 0.15) is 23.1 Å². The molecule has 2 aromatic rings. The number of amides is 4. The molecule has 4 amide bonds. The minimum absolute atomic E-state index is 0. The Bertz CT molecular complexity index is 1780. The summed E-state index contributed by atoms with van der Waals surface area (Å²) in [5, 5.41) is 13.9. The first-order chi connectivity index (χ1) is 17.2. The van der Waals surface area contributed by atoms with E-state index in [0.29, 0.717) is 0 Å². The van der Waals surface area contributed by atoms with Gasteiger partial charge in [-0.05, 0) is 18.6 Å². The third kappa shape index (κ3) is 5.93. The molecular formula is C19H14KN5O11S2. The maximum absolute atomic E-state index is 12.8. The van der Waals surface area contributed by atoms with E-state index in [0.717, 1.165) is 18.2 Å². The molecule has 0 atom stereocenters. The van der Waals surface area contributed by atoms with Crippen LogP contribution in [0.15, 0.2) is 43.2 Å². The van der Waals surface area contributed by atoms with Gasteiger partial charge in [0.15, 0.2) is 9.84 Å². The molecule has 3 heterocycles. The molecule has 0 aliphatic carbocycles. The summed E-state index contributed by atoms with van der Waals surface area (Å²) in [6.07, 6.45) is -0.504. The van der Waals surface area contributed by atoms with Gasteiger partial charge in [0, 0.05) is 16.9 Å². The molecule has 1 aromatic carbocycles. The number of H-pyrrole nitrogens is 2. The zero-order valence-electron chi connectivity index (χ0n) is 19.1. The first-order valence-corrected chi connectivity index (χ1v) is 13.3. The summed E-state index contributed by atoms with van der Waals surface area (Å²) in [5.41, 5.74) is -4.51. The smallest absolute Gasteiger partial charge is 0.748 e. The molecule has 0 bridgehead atoms. The number of carbonyl (C=O) groups excluding carboxylic acids is 3. The molecule has 0 unspecified atom stereocenters. The van der Waals surface area contributed by atoms with Gasteiger partial charge in [-0.25, -0.2) is 31.4 Å². The number of aliphatic imine (C=N–C) groups is 1. The van der Waals surface area contributed by atoms with Crippen molar-refractivity contribution in [1.29, 1.82) is 0 Å². The maximum Gasteiger partial charge on any atom is 1.00 e. The summed E-state index contributed by atoms with van der Waals surface area (Å²) in [4.78, 5) is 67.7. The zero-order chi connectivity index (χ0) is 27.3. The van der Waals surface area contributed by atoms with E-state index in [1.807, 2.05) is 20.6 Å². The number of hydrogen-bond donors (Lipinski definition) is 5. The topological polar surface area (TPSA) is 265 Å². The van der Waals surface area contributed by atoms with Crippen LogP contribution in [0, 0.1) is 0 Å². The number of urea groups is 1. The van der Waals surface area contributed by atoms with Crippen LogP contribution >= 0.6 is 0 Å². The van der Waals surface area contributed by atoms with Crippen molar-refractivity contribution in [2.45, 2.75) is 11.3 Å². The van der Waals surface area contributed by atoms with E-state index >= 15 is 0 Å². The number of imide groups is 2. The van der Waals surface area contributed by atoms with Gasteiger partial charge in [-0.2, -0.15) is 0 Å². The van der Waals surface area contributed by atoms with Gasteiger partial charge in [0.1, 0.15) is 11.1 Å². The molecule has 1 aromatic heterocycles. The van der Waals surface area contributed by atoms with Crippen LogP contribution in [0.25, 0.3) is 5.70 Å². The van der Waals surface area contributed by atoms with Crippen molar-refractivity contribution < 1.29 is 92.3 Å². The SMILES string of the molecule is O=C1NC(=O)C(=C2N=C(c3c(O)[nH]c(=O)[nH]c3=O)c3cc(S(=O)(=O)CCCS(=O)(=O)[O-])ccc32)C(=O)N1.[K+]. The van der Waals surface area contributed by atoms with Crippen molar-refractivity contribution in [2.24, 2.45) is 4.99 Å². The van der Waals surface area contributed by atoms with Crippen LogP contribution in [-0.4, -0.2) is 71.5 Å². The Hall–Kier alpha value is -2.78. The Kier molecular flexibility index (Phi) is 8.43. The number of aromatic amines is 2. The molecule has 19 heteroatoms. The van der Waals surface area contributed by atoms with Gasteiger partial charge in [0.2, 0.25) is 5.88 Å². The molecule has 0 radical (unpaired) electrons. The Morgan fingerprint density at radius 1 is 0.895 bits per heavy atom. The van der Waals surface area contributed by atoms with E-state index in [-0.39, 0.29) is 68.2 Å². The van der Waals surface area contributed by atoms with Crippen LogP contribution in [-0.2, 0) is 29.5 Å². The minimum atomic E-state index is -4.66. The number of rotatable bonds is 6. The number of nitrogens with one attached hydrogen (secondary N) is 4. The van der Waals surface area contributed by atoms with Gasteiger partial charge in [0.25, 0.3) is 17.4 Å². The molecular weight excluding hydrogens is 577 g/mol. The molecule has 1 saturated heterocycles. The van der Waals surface area contributed by atoms with Crippen LogP contribution in [0.3, 0.4) is 0 Å². The Morgan fingerprint density at radius 3 is 2.11 bits per heavy atom. The van der Waals surface area contributed by atoms with E-state index < -0.39 is 94.6 Å². The van der Waals surface area contributed by atoms with Gasteiger partial charge in [-0.15, -0.1) is 0 Å². The van der Waals surface area contributed by atoms with E-state index in [1.165, 1.54) is 0 Å². The normalized spacial score (nSPS) is 15.4. The summed E-state index contributed by atoms with van der Waals surface area (Å²) < 4.78 is 58.0. The number of benzene rings is 1. The number of fused-ring (bicyclic) bond motifs is 1. The van der Waals surface area contributed by atoms with Crippen molar-refractivity contribution in [1.82, 2.24) is 20.6 Å². The number of aromatic nitrogens is 2. The Labute approximate surface area is 254 Å². The summed E-state index contributed by atoms with van der Waals surface area (Å²) in [7, 11) is -8.86. The third-order valence-corrected chi connectivity index (χ3v) is 7.78. The van der Waals surface area contributed by atoms with Gasteiger partial charge < -0.3 is 9.66 Å². The first kappa shape index (κ1) is 29.8. The summed E-state index contributed by atoms with van der Waals surface area (Å²) in [5.74, 6) is -4.90. The average Bonchev–Trinajstić information content (AvgIpc) is 3.09. The van der Waals surface area contributed by atoms with Crippen LogP contribution in [0.2, 0.25) is 0 Å². The van der Waals surface area contributed by atoms with E-state index in [9.17, 15) is 50.5 Å². The first-order valence-electron chi connectivity index (χ1n) is 10.0. The molecule has 5 N–H and O–H groups in total. The number of aromatic hydroxyl groups is 1. The van der Waals surface area contributed by atoms with Gasteiger partial charge in [-0.1, -0.05) is 6.07 Å². The fraction of sp³-hybridized carbons (Fsp3) is 0.158. The van der Waals surface area contributed by atoms with Crippen LogP contribution < -0.4 is 73.3 Å². The van der Waals surface area contributed by atoms with Gasteiger partial charge >= 0.3 is 63.1 Å². The Morgan fingerprint density at radius 2 is 1.53 bits per heavy atom. The molecule has 2 aliphatic rings. The van der Waals surface area contributed by atoms with Crippen LogP contribution in [0.4, 0.5) is 4.79 Å². The number of nitrogens with zero attached hydrogens (tertiary/aromatic N) is 1. The second kappa shape index (κ2) is 10.8. The molecule has 194 valence electrons. The average molecular weight is 592 g/mol. The molecule has 38 heavy (non-hydrogen) atoms. The van der Waals surface area contributed by atoms with Gasteiger partial charge in [0.05, 0.1) is 32.2 Å². The van der Waals surface area contributed by atoms with Crippen molar-refractivity contribution in [2.75, 3.05) is 11.5 Å². The second-order valence-corrected chi connectivity index (χ2v) is 11.3. The fourth-order valence-corrected chi connectivity index (χ4v) is 5.66. The van der Waals surface area contributed by atoms with Crippen LogP contribution in [0.5, 0.6) is 5.88 Å².